The zero-order valence-electron chi connectivity index (χ0n) is 10.2. The van der Waals surface area contributed by atoms with Gasteiger partial charge in [-0.25, -0.2) is 9.59 Å². The maximum Gasteiger partial charge on any atom is 0.406 e. The fraction of sp³-hybridized carbons (Fsp3) is 0.273. The second-order valence-electron chi connectivity index (χ2n) is 3.94. The number of anilines is 1. The Balaban J connectivity index is 2.83. The van der Waals surface area contributed by atoms with Crippen LogP contribution in [0.25, 0.3) is 0 Å². The first kappa shape index (κ1) is 16.3. The molecule has 0 saturated carbocycles. The zero-order chi connectivity index (χ0) is 15.5. The lowest BCUT2D eigenvalue weighted by atomic mass is 10.2. The summed E-state index contributed by atoms with van der Waals surface area (Å²) >= 11 is 3.05. The van der Waals surface area contributed by atoms with Gasteiger partial charge in [0, 0.05) is 17.2 Å². The van der Waals surface area contributed by atoms with Crippen LogP contribution in [0.2, 0.25) is 0 Å². The van der Waals surface area contributed by atoms with E-state index in [0.29, 0.717) is 9.37 Å². The van der Waals surface area contributed by atoms with Gasteiger partial charge >= 0.3 is 18.2 Å². The molecule has 0 heterocycles. The van der Waals surface area contributed by atoms with E-state index in [4.69, 9.17) is 5.11 Å². The normalized spacial score (nSPS) is 11.1. The number of alkyl halides is 3. The third kappa shape index (κ3) is 5.08. The fourth-order valence-corrected chi connectivity index (χ4v) is 1.84. The molecule has 0 aliphatic rings. The fourth-order valence-electron chi connectivity index (χ4n) is 1.34. The van der Waals surface area contributed by atoms with Crippen molar-refractivity contribution < 1.29 is 27.9 Å². The summed E-state index contributed by atoms with van der Waals surface area (Å²) in [6.45, 7) is -1.40. The topological polar surface area (TPSA) is 69.6 Å². The summed E-state index contributed by atoms with van der Waals surface area (Å²) in [6, 6.07) is 2.84. The van der Waals surface area contributed by atoms with Crippen molar-refractivity contribution in [2.75, 3.05) is 18.9 Å². The van der Waals surface area contributed by atoms with Crippen LogP contribution in [-0.2, 0) is 0 Å². The molecule has 5 nitrogen and oxygen atoms in total. The third-order valence-electron chi connectivity index (χ3n) is 2.16. The van der Waals surface area contributed by atoms with Crippen molar-refractivity contribution >= 4 is 33.6 Å². The zero-order valence-corrected chi connectivity index (χ0v) is 11.7. The number of rotatable bonds is 3. The molecule has 0 aliphatic carbocycles. The highest BCUT2D eigenvalue weighted by Gasteiger charge is 2.31. The number of urea groups is 1. The van der Waals surface area contributed by atoms with Crippen molar-refractivity contribution in [1.29, 1.82) is 0 Å². The highest BCUT2D eigenvalue weighted by Crippen LogP contribution is 2.21. The summed E-state index contributed by atoms with van der Waals surface area (Å²) < 4.78 is 36.8. The molecule has 1 aromatic carbocycles. The maximum atomic E-state index is 12.1. The standard InChI is InChI=1S/C11H10BrF3N2O3/c1-17(5-11(13,14)15)10(20)16-8-3-6(9(18)19)2-7(12)4-8/h2-4H,5H2,1H3,(H,16,20)(H,18,19). The summed E-state index contributed by atoms with van der Waals surface area (Å²) in [5, 5.41) is 11.0. The van der Waals surface area contributed by atoms with Crippen LogP contribution in [0.4, 0.5) is 23.7 Å². The van der Waals surface area contributed by atoms with Crippen molar-refractivity contribution in [1.82, 2.24) is 4.90 Å². The highest BCUT2D eigenvalue weighted by atomic mass is 79.9. The first-order valence-electron chi connectivity index (χ1n) is 5.21. The molecule has 0 radical (unpaired) electrons. The molecular formula is C11H10BrF3N2O3. The Morgan fingerprint density at radius 3 is 2.45 bits per heavy atom. The lowest BCUT2D eigenvalue weighted by Gasteiger charge is -2.19. The molecule has 0 saturated heterocycles. The van der Waals surface area contributed by atoms with Crippen molar-refractivity contribution in [2.45, 2.75) is 6.18 Å². The van der Waals surface area contributed by atoms with Crippen LogP contribution in [0, 0.1) is 0 Å². The third-order valence-corrected chi connectivity index (χ3v) is 2.62. The molecule has 0 unspecified atom stereocenters. The molecule has 0 aliphatic heterocycles. The minimum Gasteiger partial charge on any atom is -0.478 e. The lowest BCUT2D eigenvalue weighted by Crippen LogP contribution is -2.38. The number of carbonyl (C=O) groups excluding carboxylic acids is 1. The summed E-state index contributed by atoms with van der Waals surface area (Å²) in [5.41, 5.74) is -0.0241. The van der Waals surface area contributed by atoms with Crippen LogP contribution in [0.5, 0.6) is 0 Å². The number of nitrogens with zero attached hydrogens (tertiary/aromatic N) is 1. The minimum atomic E-state index is -4.50. The van der Waals surface area contributed by atoms with E-state index in [1.807, 2.05) is 0 Å². The van der Waals surface area contributed by atoms with Gasteiger partial charge in [0.1, 0.15) is 6.54 Å². The molecule has 0 atom stereocenters. The number of hydrogen-bond acceptors (Lipinski definition) is 2. The Labute approximate surface area is 120 Å². The lowest BCUT2D eigenvalue weighted by molar-refractivity contribution is -0.137. The van der Waals surface area contributed by atoms with Gasteiger partial charge in [-0.2, -0.15) is 13.2 Å². The van der Waals surface area contributed by atoms with E-state index < -0.39 is 24.7 Å². The van der Waals surface area contributed by atoms with E-state index in [-0.39, 0.29) is 11.3 Å². The van der Waals surface area contributed by atoms with Gasteiger partial charge in [-0.05, 0) is 18.2 Å². The van der Waals surface area contributed by atoms with Crippen molar-refractivity contribution in [3.05, 3.63) is 28.2 Å². The highest BCUT2D eigenvalue weighted by molar-refractivity contribution is 9.10. The Morgan fingerprint density at radius 1 is 1.35 bits per heavy atom. The monoisotopic (exact) mass is 354 g/mol. The minimum absolute atomic E-state index is 0.0794. The molecule has 110 valence electrons. The number of carboxylic acids is 1. The number of aromatic carboxylic acids is 1. The van der Waals surface area contributed by atoms with E-state index in [0.717, 1.165) is 13.1 Å². The van der Waals surface area contributed by atoms with Gasteiger partial charge in [-0.3, -0.25) is 0 Å². The van der Waals surface area contributed by atoms with Gasteiger partial charge in [0.15, 0.2) is 0 Å². The average molecular weight is 355 g/mol. The van der Waals surface area contributed by atoms with Gasteiger partial charge in [0.25, 0.3) is 0 Å². The van der Waals surface area contributed by atoms with Gasteiger partial charge < -0.3 is 15.3 Å². The van der Waals surface area contributed by atoms with Crippen LogP contribution in [0.1, 0.15) is 10.4 Å². The number of amides is 2. The second kappa shape index (κ2) is 6.12. The van der Waals surface area contributed by atoms with E-state index >= 15 is 0 Å². The summed E-state index contributed by atoms with van der Waals surface area (Å²) in [4.78, 5) is 22.8. The summed E-state index contributed by atoms with van der Waals surface area (Å²) in [5.74, 6) is -1.22. The number of hydrogen-bond donors (Lipinski definition) is 2. The van der Waals surface area contributed by atoms with E-state index in [1.165, 1.54) is 12.1 Å². The van der Waals surface area contributed by atoms with Crippen molar-refractivity contribution in [3.63, 3.8) is 0 Å². The first-order chi connectivity index (χ1) is 9.08. The molecular weight excluding hydrogens is 345 g/mol. The quantitative estimate of drug-likeness (QED) is 0.875. The number of nitrogens with one attached hydrogen (secondary N) is 1. The Morgan fingerprint density at radius 2 is 1.95 bits per heavy atom. The molecule has 0 fully saturated rings. The van der Waals surface area contributed by atoms with E-state index in [2.05, 4.69) is 21.2 Å². The van der Waals surface area contributed by atoms with Gasteiger partial charge in [-0.1, -0.05) is 15.9 Å². The van der Waals surface area contributed by atoms with Gasteiger partial charge in [-0.15, -0.1) is 0 Å². The Bertz CT molecular complexity index is 534. The van der Waals surface area contributed by atoms with Crippen LogP contribution in [0.15, 0.2) is 22.7 Å². The second-order valence-corrected chi connectivity index (χ2v) is 4.85. The molecule has 1 rings (SSSR count). The Hall–Kier alpha value is -1.77. The summed E-state index contributed by atoms with van der Waals surface area (Å²) in [7, 11) is 0.985. The first-order valence-corrected chi connectivity index (χ1v) is 6.00. The van der Waals surface area contributed by atoms with Crippen LogP contribution < -0.4 is 5.32 Å². The van der Waals surface area contributed by atoms with Crippen LogP contribution in [-0.4, -0.2) is 41.8 Å². The predicted octanol–water partition coefficient (Wildman–Crippen LogP) is 3.17. The SMILES string of the molecule is CN(CC(F)(F)F)C(=O)Nc1cc(Br)cc(C(=O)O)c1. The van der Waals surface area contributed by atoms with Gasteiger partial charge in [0.2, 0.25) is 0 Å². The van der Waals surface area contributed by atoms with Crippen molar-refractivity contribution in [2.24, 2.45) is 0 Å². The maximum absolute atomic E-state index is 12.1. The molecule has 2 N–H and O–H groups in total. The Kier molecular flexibility index (Phi) is 4.98. The number of benzene rings is 1. The molecule has 20 heavy (non-hydrogen) atoms. The largest absolute Gasteiger partial charge is 0.478 e. The van der Waals surface area contributed by atoms with Crippen LogP contribution in [0.3, 0.4) is 0 Å². The molecule has 0 aromatic heterocycles. The molecule has 2 amide bonds. The average Bonchev–Trinajstić information content (AvgIpc) is 2.25. The van der Waals surface area contributed by atoms with Gasteiger partial charge in [0.05, 0.1) is 5.56 Å². The molecule has 9 heteroatoms. The van der Waals surface area contributed by atoms with E-state index in [1.54, 1.807) is 0 Å². The predicted molar refractivity (Wildman–Crippen MR) is 68.8 cm³/mol. The van der Waals surface area contributed by atoms with Crippen LogP contribution >= 0.6 is 15.9 Å². The van der Waals surface area contributed by atoms with Crippen molar-refractivity contribution in [3.8, 4) is 0 Å². The smallest absolute Gasteiger partial charge is 0.406 e. The summed E-state index contributed by atoms with van der Waals surface area (Å²) in [6.07, 6.45) is -4.50. The number of carboxylic acid groups (broad SMARTS) is 1. The number of carbonyl (C=O) groups is 2. The van der Waals surface area contributed by atoms with E-state index in [9.17, 15) is 22.8 Å². The molecule has 1 aromatic rings. The molecule has 0 spiro atoms. The number of halogens is 4. The molecule has 0 bridgehead atoms.